The molecule has 0 amide bonds. The Labute approximate surface area is 207 Å². The smallest absolute Gasteiger partial charge is 0.437 e. The van der Waals surface area contributed by atoms with E-state index < -0.39 is 29.8 Å². The molecular weight excluding hydrogens is 490 g/mol. The molecule has 11 nitrogen and oxygen atoms in total. The number of benzene rings is 1. The third kappa shape index (κ3) is 5.01. The van der Waals surface area contributed by atoms with E-state index in [9.17, 15) is 18.4 Å². The molecule has 0 bridgehead atoms. The van der Waals surface area contributed by atoms with Gasteiger partial charge in [-0.15, -0.1) is 15.3 Å². The zero-order valence-corrected chi connectivity index (χ0v) is 19.9. The highest BCUT2D eigenvalue weighted by molar-refractivity contribution is 5.91. The number of rotatable bonds is 5. The van der Waals surface area contributed by atoms with Crippen LogP contribution in [-0.2, 0) is 11.3 Å². The van der Waals surface area contributed by atoms with E-state index in [0.29, 0.717) is 22.3 Å². The van der Waals surface area contributed by atoms with Crippen LogP contribution in [0.2, 0.25) is 0 Å². The highest BCUT2D eigenvalue weighted by Gasteiger charge is 2.20. The molecule has 0 saturated heterocycles. The lowest BCUT2D eigenvalue weighted by atomic mass is 10.1. The van der Waals surface area contributed by atoms with Crippen LogP contribution in [0.25, 0.3) is 33.8 Å². The fourth-order valence-corrected chi connectivity index (χ4v) is 3.49. The molecule has 0 spiro atoms. The molecule has 190 valence electrons. The van der Waals surface area contributed by atoms with Gasteiger partial charge in [0.05, 0.1) is 23.3 Å². The molecule has 0 unspecified atom stereocenters. The van der Waals surface area contributed by atoms with Crippen molar-refractivity contribution in [2.45, 2.75) is 39.3 Å². The highest BCUT2D eigenvalue weighted by atomic mass is 19.3. The van der Waals surface area contributed by atoms with Gasteiger partial charge in [-0.3, -0.25) is 9.55 Å². The third-order valence-electron chi connectivity index (χ3n) is 5.15. The second-order valence-corrected chi connectivity index (χ2v) is 9.05. The minimum absolute atomic E-state index is 0.00867. The fraction of sp³-hybridized carbons (Fsp3) is 0.250. The first-order chi connectivity index (χ1) is 17.6. The Balaban J connectivity index is 1.37. The van der Waals surface area contributed by atoms with Crippen molar-refractivity contribution in [2.24, 2.45) is 0 Å². The Morgan fingerprint density at radius 3 is 2.51 bits per heavy atom. The van der Waals surface area contributed by atoms with Gasteiger partial charge in [-0.1, -0.05) is 6.07 Å². The molecular formula is C24H20F2N6O5. The average molecular weight is 510 g/mol. The summed E-state index contributed by atoms with van der Waals surface area (Å²) in [7, 11) is 0. The van der Waals surface area contributed by atoms with Crippen molar-refractivity contribution in [3.05, 3.63) is 70.9 Å². The van der Waals surface area contributed by atoms with Gasteiger partial charge >= 0.3 is 18.3 Å². The van der Waals surface area contributed by atoms with Gasteiger partial charge in [0.25, 0.3) is 5.89 Å². The molecule has 4 aromatic heterocycles. The second kappa shape index (κ2) is 9.08. The fourth-order valence-electron chi connectivity index (χ4n) is 3.49. The summed E-state index contributed by atoms with van der Waals surface area (Å²) >= 11 is 0. The van der Waals surface area contributed by atoms with E-state index in [1.165, 1.54) is 10.8 Å². The minimum Gasteiger partial charge on any atom is -0.443 e. The van der Waals surface area contributed by atoms with Crippen LogP contribution in [-0.4, -0.2) is 41.2 Å². The molecule has 37 heavy (non-hydrogen) atoms. The van der Waals surface area contributed by atoms with Gasteiger partial charge in [-0.05, 0) is 51.1 Å². The largest absolute Gasteiger partial charge is 0.443 e. The molecule has 0 atom stereocenters. The summed E-state index contributed by atoms with van der Waals surface area (Å²) in [5.41, 5.74) is 1.19. The number of carbonyl (C=O) groups is 1. The molecule has 0 aliphatic carbocycles. The molecule has 5 rings (SSSR count). The van der Waals surface area contributed by atoms with Crippen molar-refractivity contribution in [3.8, 4) is 22.9 Å². The maximum absolute atomic E-state index is 12.7. The van der Waals surface area contributed by atoms with Crippen LogP contribution in [0.1, 0.15) is 38.8 Å². The Kier molecular flexibility index (Phi) is 5.90. The number of hydrogen-bond acceptors (Lipinski definition) is 9. The first kappa shape index (κ1) is 24.0. The van der Waals surface area contributed by atoms with Crippen LogP contribution in [0.4, 0.5) is 13.6 Å². The van der Waals surface area contributed by atoms with Crippen molar-refractivity contribution >= 4 is 17.0 Å². The first-order valence-electron chi connectivity index (χ1n) is 11.1. The minimum atomic E-state index is -2.87. The monoisotopic (exact) mass is 510 g/mol. The summed E-state index contributed by atoms with van der Waals surface area (Å²) in [5.74, 6) is -1.52. The summed E-state index contributed by atoms with van der Waals surface area (Å²) < 4.78 is 43.5. The normalized spacial score (nSPS) is 11.9. The van der Waals surface area contributed by atoms with Crippen LogP contribution in [0.3, 0.4) is 0 Å². The van der Waals surface area contributed by atoms with Crippen molar-refractivity contribution in [2.75, 3.05) is 0 Å². The first-order valence-corrected chi connectivity index (χ1v) is 11.1. The van der Waals surface area contributed by atoms with Gasteiger partial charge in [0.15, 0.2) is 0 Å². The van der Waals surface area contributed by atoms with Gasteiger partial charge in [0.1, 0.15) is 5.60 Å². The standard InChI is InChI=1S/C24H20F2N6O5/c1-24(2,3)37-22(33)31-9-8-13-4-5-14(10-17(13)31)20-30-32(23(34)36-20)12-16-7-6-15(11-27-16)19-28-29-21(35-19)18(25)26/h4-11,18H,12H2,1-3H3. The maximum atomic E-state index is 12.7. The molecule has 0 fully saturated rings. The lowest BCUT2D eigenvalue weighted by Crippen LogP contribution is -2.26. The maximum Gasteiger partial charge on any atom is 0.437 e. The number of ether oxygens (including phenoxy) is 1. The molecule has 1 aromatic carbocycles. The highest BCUT2D eigenvalue weighted by Crippen LogP contribution is 2.25. The molecule has 0 saturated carbocycles. The lowest BCUT2D eigenvalue weighted by molar-refractivity contribution is 0.0544. The number of alkyl halides is 2. The third-order valence-corrected chi connectivity index (χ3v) is 5.15. The molecule has 13 heteroatoms. The number of fused-ring (bicyclic) bond motifs is 1. The van der Waals surface area contributed by atoms with E-state index in [2.05, 4.69) is 20.3 Å². The van der Waals surface area contributed by atoms with Crippen molar-refractivity contribution < 1.29 is 27.1 Å². The number of carbonyl (C=O) groups excluding carboxylic acids is 1. The zero-order valence-electron chi connectivity index (χ0n) is 19.9. The summed E-state index contributed by atoms with van der Waals surface area (Å²) in [6, 6.07) is 10.1. The van der Waals surface area contributed by atoms with E-state index in [4.69, 9.17) is 13.6 Å². The quantitative estimate of drug-likeness (QED) is 0.331. The molecule has 0 aliphatic heterocycles. The number of aromatic nitrogens is 6. The van der Waals surface area contributed by atoms with E-state index in [1.54, 1.807) is 63.4 Å². The number of pyridine rings is 1. The predicted molar refractivity (Wildman–Crippen MR) is 125 cm³/mol. The van der Waals surface area contributed by atoms with Crippen molar-refractivity contribution in [3.63, 3.8) is 0 Å². The van der Waals surface area contributed by atoms with Gasteiger partial charge in [-0.2, -0.15) is 13.5 Å². The predicted octanol–water partition coefficient (Wildman–Crippen LogP) is 4.67. The van der Waals surface area contributed by atoms with Gasteiger partial charge in [0.2, 0.25) is 11.8 Å². The summed E-state index contributed by atoms with van der Waals surface area (Å²) in [6.07, 6.45) is -0.436. The molecule has 4 heterocycles. The van der Waals surface area contributed by atoms with Crippen molar-refractivity contribution in [1.82, 2.24) is 29.5 Å². The van der Waals surface area contributed by atoms with Crippen LogP contribution in [0.15, 0.2) is 62.4 Å². The number of hydrogen-bond donors (Lipinski definition) is 0. The number of halogens is 2. The molecule has 0 N–H and O–H groups in total. The second-order valence-electron chi connectivity index (χ2n) is 9.05. The summed E-state index contributed by atoms with van der Waals surface area (Å²) in [5, 5.41) is 11.9. The van der Waals surface area contributed by atoms with Crippen LogP contribution >= 0.6 is 0 Å². The Morgan fingerprint density at radius 1 is 1.05 bits per heavy atom. The van der Waals surface area contributed by atoms with Gasteiger partial charge in [-0.25, -0.2) is 9.59 Å². The lowest BCUT2D eigenvalue weighted by Gasteiger charge is -2.19. The zero-order chi connectivity index (χ0) is 26.3. The number of nitrogens with zero attached hydrogens (tertiary/aromatic N) is 6. The molecule has 0 radical (unpaired) electrons. The summed E-state index contributed by atoms with van der Waals surface area (Å²) in [6.45, 7) is 5.32. The van der Waals surface area contributed by atoms with E-state index in [0.717, 1.165) is 10.1 Å². The topological polar surface area (TPSA) is 131 Å². The van der Waals surface area contributed by atoms with Gasteiger partial charge in [0, 0.05) is 23.3 Å². The van der Waals surface area contributed by atoms with Crippen molar-refractivity contribution in [1.29, 1.82) is 0 Å². The van der Waals surface area contributed by atoms with E-state index in [1.807, 2.05) is 0 Å². The van der Waals surface area contributed by atoms with Crippen LogP contribution < -0.4 is 5.76 Å². The van der Waals surface area contributed by atoms with Crippen LogP contribution in [0, 0.1) is 0 Å². The Hall–Kier alpha value is -4.68. The molecule has 0 aliphatic rings. The van der Waals surface area contributed by atoms with E-state index in [-0.39, 0.29) is 18.3 Å². The van der Waals surface area contributed by atoms with Gasteiger partial charge < -0.3 is 13.6 Å². The van der Waals surface area contributed by atoms with E-state index >= 15 is 0 Å². The SMILES string of the molecule is CC(C)(C)OC(=O)n1ccc2ccc(-c3nn(Cc4ccc(-c5nnc(C(F)F)o5)cn4)c(=O)o3)cc21. The average Bonchev–Trinajstić information content (AvgIpc) is 3.57. The molecule has 5 aromatic rings. The van der Waals surface area contributed by atoms with Crippen LogP contribution in [0.5, 0.6) is 0 Å². The Bertz CT molecular complexity index is 1640. The Morgan fingerprint density at radius 2 is 1.84 bits per heavy atom. The summed E-state index contributed by atoms with van der Waals surface area (Å²) in [4.78, 5) is 29.2.